The first-order chi connectivity index (χ1) is 17.9. The Morgan fingerprint density at radius 1 is 1.16 bits per heavy atom. The van der Waals surface area contributed by atoms with Crippen LogP contribution in [-0.4, -0.2) is 59.2 Å². The van der Waals surface area contributed by atoms with Crippen LogP contribution in [0.2, 0.25) is 0 Å². The number of carbonyl (C=O) groups is 2. The van der Waals surface area contributed by atoms with E-state index < -0.39 is 0 Å². The number of carbonyl (C=O) groups excluding carboxylic acids is 2. The van der Waals surface area contributed by atoms with Crippen molar-refractivity contribution in [2.45, 2.75) is 57.2 Å². The van der Waals surface area contributed by atoms with E-state index in [-0.39, 0.29) is 17.9 Å². The topological polar surface area (TPSA) is 83.6 Å². The second kappa shape index (κ2) is 12.9. The van der Waals surface area contributed by atoms with Crippen molar-refractivity contribution in [3.05, 3.63) is 65.9 Å². The molecule has 1 saturated heterocycles. The summed E-state index contributed by atoms with van der Waals surface area (Å²) in [5.41, 5.74) is 2.11. The Kier molecular flexibility index (Phi) is 9.41. The molecule has 1 atom stereocenters. The number of nitrogens with zero attached hydrogens (tertiary/aromatic N) is 2. The lowest BCUT2D eigenvalue weighted by Gasteiger charge is -2.35. The zero-order valence-corrected chi connectivity index (χ0v) is 22.6. The van der Waals surface area contributed by atoms with Crippen LogP contribution in [0.5, 0.6) is 5.75 Å². The van der Waals surface area contributed by atoms with Crippen LogP contribution in [0.15, 0.2) is 59.5 Å². The SMILES string of the molecule is CC(=O)NCCSc1cc(C(=O)N[C@@H]2CCCN(C(C)C)C2)nc2c(OCc3ccccc3)cccc12. The number of hydrogen-bond acceptors (Lipinski definition) is 6. The zero-order valence-electron chi connectivity index (χ0n) is 21.8. The number of aromatic nitrogens is 1. The molecule has 1 aliphatic heterocycles. The monoisotopic (exact) mass is 520 g/mol. The van der Waals surface area contributed by atoms with Gasteiger partial charge >= 0.3 is 0 Å². The van der Waals surface area contributed by atoms with E-state index in [4.69, 9.17) is 9.72 Å². The van der Waals surface area contributed by atoms with Crippen LogP contribution in [0.25, 0.3) is 10.9 Å². The molecule has 37 heavy (non-hydrogen) atoms. The van der Waals surface area contributed by atoms with E-state index in [2.05, 4.69) is 29.4 Å². The molecule has 8 heteroatoms. The smallest absolute Gasteiger partial charge is 0.270 e. The first-order valence-corrected chi connectivity index (χ1v) is 13.9. The van der Waals surface area contributed by atoms with Gasteiger partial charge in [0.2, 0.25) is 5.91 Å². The molecule has 4 rings (SSSR count). The van der Waals surface area contributed by atoms with Gasteiger partial charge in [0, 0.05) is 48.1 Å². The number of pyridine rings is 1. The van der Waals surface area contributed by atoms with Gasteiger partial charge in [0.15, 0.2) is 0 Å². The van der Waals surface area contributed by atoms with Gasteiger partial charge in [-0.3, -0.25) is 14.5 Å². The van der Waals surface area contributed by atoms with Crippen molar-refractivity contribution in [2.75, 3.05) is 25.4 Å². The number of fused-ring (bicyclic) bond motifs is 1. The number of ether oxygens (including phenoxy) is 1. The lowest BCUT2D eigenvalue weighted by atomic mass is 10.0. The summed E-state index contributed by atoms with van der Waals surface area (Å²) in [6, 6.07) is 18.2. The summed E-state index contributed by atoms with van der Waals surface area (Å²) >= 11 is 1.60. The average molecular weight is 521 g/mol. The number of thioether (sulfide) groups is 1. The summed E-state index contributed by atoms with van der Waals surface area (Å²) in [4.78, 5) is 32.8. The number of rotatable bonds is 10. The molecule has 7 nitrogen and oxygen atoms in total. The van der Waals surface area contributed by atoms with Gasteiger partial charge in [-0.2, -0.15) is 0 Å². The minimum Gasteiger partial charge on any atom is -0.487 e. The van der Waals surface area contributed by atoms with Crippen LogP contribution in [0.4, 0.5) is 0 Å². The largest absolute Gasteiger partial charge is 0.487 e. The number of hydrogen-bond donors (Lipinski definition) is 2. The summed E-state index contributed by atoms with van der Waals surface area (Å²) in [6.45, 7) is 8.76. The summed E-state index contributed by atoms with van der Waals surface area (Å²) in [7, 11) is 0. The Morgan fingerprint density at radius 3 is 2.73 bits per heavy atom. The Hall–Kier alpha value is -3.10. The lowest BCUT2D eigenvalue weighted by Crippen LogP contribution is -2.49. The van der Waals surface area contributed by atoms with Crippen molar-refractivity contribution in [1.82, 2.24) is 20.5 Å². The molecule has 3 aromatic rings. The number of para-hydroxylation sites is 1. The van der Waals surface area contributed by atoms with Crippen LogP contribution in [0.3, 0.4) is 0 Å². The maximum absolute atomic E-state index is 13.4. The Balaban J connectivity index is 1.60. The summed E-state index contributed by atoms with van der Waals surface area (Å²) < 4.78 is 6.18. The third-order valence-electron chi connectivity index (χ3n) is 6.49. The highest BCUT2D eigenvalue weighted by molar-refractivity contribution is 7.99. The van der Waals surface area contributed by atoms with Crippen molar-refractivity contribution in [2.24, 2.45) is 0 Å². The highest BCUT2D eigenvalue weighted by Gasteiger charge is 2.24. The molecule has 0 radical (unpaired) electrons. The molecule has 0 bridgehead atoms. The number of amides is 2. The predicted octanol–water partition coefficient (Wildman–Crippen LogP) is 4.64. The van der Waals surface area contributed by atoms with Crippen LogP contribution in [0.1, 0.15) is 49.7 Å². The van der Waals surface area contributed by atoms with Gasteiger partial charge < -0.3 is 15.4 Å². The van der Waals surface area contributed by atoms with Gasteiger partial charge in [0.05, 0.1) is 0 Å². The maximum atomic E-state index is 13.4. The fourth-order valence-corrected chi connectivity index (χ4v) is 5.46. The Labute approximate surface area is 223 Å². The van der Waals surface area contributed by atoms with E-state index in [9.17, 15) is 9.59 Å². The zero-order chi connectivity index (χ0) is 26.2. The van der Waals surface area contributed by atoms with E-state index >= 15 is 0 Å². The predicted molar refractivity (Wildman–Crippen MR) is 149 cm³/mol. The van der Waals surface area contributed by atoms with E-state index in [1.54, 1.807) is 11.8 Å². The fourth-order valence-electron chi connectivity index (χ4n) is 4.52. The minimum atomic E-state index is -0.168. The van der Waals surface area contributed by atoms with E-state index in [1.165, 1.54) is 6.92 Å². The number of likely N-dealkylation sites (tertiary alicyclic amines) is 1. The molecule has 0 unspecified atom stereocenters. The highest BCUT2D eigenvalue weighted by atomic mass is 32.2. The molecule has 2 amide bonds. The summed E-state index contributed by atoms with van der Waals surface area (Å²) in [6.07, 6.45) is 2.03. The van der Waals surface area contributed by atoms with Crippen LogP contribution in [0, 0.1) is 0 Å². The Bertz CT molecular complexity index is 1220. The van der Waals surface area contributed by atoms with Gasteiger partial charge in [-0.1, -0.05) is 42.5 Å². The Morgan fingerprint density at radius 2 is 1.97 bits per heavy atom. The second-order valence-corrected chi connectivity index (χ2v) is 10.8. The van der Waals surface area contributed by atoms with Crippen molar-refractivity contribution < 1.29 is 14.3 Å². The maximum Gasteiger partial charge on any atom is 0.270 e. The molecule has 0 spiro atoms. The van der Waals surface area contributed by atoms with Gasteiger partial charge in [-0.15, -0.1) is 11.8 Å². The first kappa shape index (κ1) is 26.9. The number of nitrogens with one attached hydrogen (secondary N) is 2. The first-order valence-electron chi connectivity index (χ1n) is 12.9. The van der Waals surface area contributed by atoms with Gasteiger partial charge in [-0.25, -0.2) is 4.98 Å². The van der Waals surface area contributed by atoms with Gasteiger partial charge in [0.25, 0.3) is 5.91 Å². The summed E-state index contributed by atoms with van der Waals surface area (Å²) in [5.74, 6) is 1.10. The second-order valence-electron chi connectivity index (χ2n) is 9.66. The molecule has 196 valence electrons. The molecule has 2 heterocycles. The van der Waals surface area contributed by atoms with Gasteiger partial charge in [-0.05, 0) is 50.9 Å². The molecular weight excluding hydrogens is 484 g/mol. The number of piperidine rings is 1. The van der Waals surface area contributed by atoms with E-state index in [0.717, 1.165) is 41.8 Å². The molecule has 0 saturated carbocycles. The van der Waals surface area contributed by atoms with Crippen molar-refractivity contribution >= 4 is 34.5 Å². The average Bonchev–Trinajstić information content (AvgIpc) is 2.90. The molecule has 1 fully saturated rings. The number of benzene rings is 2. The molecule has 1 aliphatic rings. The normalized spacial score (nSPS) is 16.1. The fraction of sp³-hybridized carbons (Fsp3) is 0.414. The lowest BCUT2D eigenvalue weighted by molar-refractivity contribution is -0.118. The quantitative estimate of drug-likeness (QED) is 0.299. The third kappa shape index (κ3) is 7.46. The third-order valence-corrected chi connectivity index (χ3v) is 7.54. The highest BCUT2D eigenvalue weighted by Crippen LogP contribution is 2.33. The van der Waals surface area contributed by atoms with E-state index in [1.807, 2.05) is 54.6 Å². The van der Waals surface area contributed by atoms with Crippen LogP contribution >= 0.6 is 11.8 Å². The van der Waals surface area contributed by atoms with Crippen molar-refractivity contribution in [3.63, 3.8) is 0 Å². The van der Waals surface area contributed by atoms with Crippen molar-refractivity contribution in [1.29, 1.82) is 0 Å². The van der Waals surface area contributed by atoms with Crippen LogP contribution in [-0.2, 0) is 11.4 Å². The molecule has 2 N–H and O–H groups in total. The molecular formula is C29H36N4O3S. The minimum absolute atomic E-state index is 0.0558. The summed E-state index contributed by atoms with van der Waals surface area (Å²) in [5, 5.41) is 6.98. The molecule has 2 aromatic carbocycles. The van der Waals surface area contributed by atoms with Crippen LogP contribution < -0.4 is 15.4 Å². The standard InChI is InChI=1S/C29H36N4O3S/c1-20(2)33-15-8-11-23(18-33)31-29(35)25-17-27(37-16-14-30-21(3)34)24-12-7-13-26(28(24)32-25)36-19-22-9-5-4-6-10-22/h4-7,9-10,12-13,17,20,23H,8,11,14-16,18-19H2,1-3H3,(H,30,34)(H,31,35)/t23-/m1/s1. The van der Waals surface area contributed by atoms with E-state index in [0.29, 0.717) is 41.9 Å². The van der Waals surface area contributed by atoms with Gasteiger partial charge in [0.1, 0.15) is 23.6 Å². The molecule has 0 aliphatic carbocycles. The molecule has 1 aromatic heterocycles. The van der Waals surface area contributed by atoms with Crippen molar-refractivity contribution in [3.8, 4) is 5.75 Å².